The van der Waals surface area contributed by atoms with Crippen LogP contribution in [0.1, 0.15) is 41.6 Å². The average Bonchev–Trinajstić information content (AvgIpc) is 3.31. The zero-order valence-corrected chi connectivity index (χ0v) is 17.6. The number of amides is 2. The molecular weight excluding hydrogens is 392 g/mol. The summed E-state index contributed by atoms with van der Waals surface area (Å²) >= 11 is 0. The highest BCUT2D eigenvalue weighted by atomic mass is 16.5. The Morgan fingerprint density at radius 3 is 2.61 bits per heavy atom. The van der Waals surface area contributed by atoms with Gasteiger partial charge in [0, 0.05) is 26.1 Å². The normalized spacial score (nSPS) is 16.3. The third-order valence-electron chi connectivity index (χ3n) is 5.41. The summed E-state index contributed by atoms with van der Waals surface area (Å²) < 4.78 is 11.2. The molecule has 7 nitrogen and oxygen atoms in total. The van der Waals surface area contributed by atoms with Crippen LogP contribution in [0.5, 0.6) is 0 Å². The molecule has 1 aromatic heterocycles. The quantitative estimate of drug-likeness (QED) is 0.559. The van der Waals surface area contributed by atoms with E-state index in [1.165, 1.54) is 0 Å². The first-order valence-corrected chi connectivity index (χ1v) is 10.8. The van der Waals surface area contributed by atoms with E-state index in [1.807, 2.05) is 65.6 Å². The Hall–Kier alpha value is -3.19. The van der Waals surface area contributed by atoms with Crippen molar-refractivity contribution in [3.63, 3.8) is 0 Å². The lowest BCUT2D eigenvalue weighted by molar-refractivity contribution is 0.122. The summed E-state index contributed by atoms with van der Waals surface area (Å²) in [5.41, 5.74) is 2.23. The topological polar surface area (TPSA) is 80.5 Å². The molecule has 0 aliphatic carbocycles. The molecule has 2 aromatic carbocycles. The van der Waals surface area contributed by atoms with E-state index in [0.29, 0.717) is 44.4 Å². The molecule has 162 valence electrons. The van der Waals surface area contributed by atoms with Gasteiger partial charge < -0.3 is 19.5 Å². The largest absolute Gasteiger partial charge is 0.376 e. The smallest absolute Gasteiger partial charge is 0.317 e. The summed E-state index contributed by atoms with van der Waals surface area (Å²) in [7, 11) is 0. The van der Waals surface area contributed by atoms with Crippen LogP contribution in [0.25, 0.3) is 0 Å². The number of rotatable bonds is 8. The molecule has 1 atom stereocenters. The summed E-state index contributed by atoms with van der Waals surface area (Å²) in [6.45, 7) is 2.96. The van der Waals surface area contributed by atoms with Crippen LogP contribution in [0.2, 0.25) is 0 Å². The van der Waals surface area contributed by atoms with E-state index in [1.54, 1.807) is 0 Å². The van der Waals surface area contributed by atoms with Crippen molar-refractivity contribution in [2.75, 3.05) is 19.7 Å². The number of ether oxygens (including phenoxy) is 1. The number of benzene rings is 2. The number of aromatic nitrogens is 2. The van der Waals surface area contributed by atoms with E-state index in [-0.39, 0.29) is 11.9 Å². The van der Waals surface area contributed by atoms with Gasteiger partial charge in [-0.2, -0.15) is 4.98 Å². The molecule has 0 bridgehead atoms. The maximum absolute atomic E-state index is 12.6. The van der Waals surface area contributed by atoms with Crippen molar-refractivity contribution in [3.8, 4) is 0 Å². The first-order chi connectivity index (χ1) is 15.3. The molecule has 2 heterocycles. The number of nitrogens with one attached hydrogen (secondary N) is 1. The predicted octanol–water partition coefficient (Wildman–Crippen LogP) is 3.92. The van der Waals surface area contributed by atoms with E-state index < -0.39 is 0 Å². The number of carbonyl (C=O) groups is 1. The first-order valence-electron chi connectivity index (χ1n) is 10.8. The van der Waals surface area contributed by atoms with Crippen LogP contribution >= 0.6 is 0 Å². The lowest BCUT2D eigenvalue weighted by atomic mass is 9.98. The molecule has 0 spiro atoms. The van der Waals surface area contributed by atoms with Crippen LogP contribution in [0, 0.1) is 0 Å². The summed E-state index contributed by atoms with van der Waals surface area (Å²) in [6.07, 6.45) is 2.46. The molecule has 1 aliphatic heterocycles. The molecule has 31 heavy (non-hydrogen) atoms. The minimum absolute atomic E-state index is 0.0531. The Kier molecular flexibility index (Phi) is 7.28. The van der Waals surface area contributed by atoms with E-state index in [4.69, 9.17) is 9.26 Å². The minimum atomic E-state index is -0.0531. The summed E-state index contributed by atoms with van der Waals surface area (Å²) in [5.74, 6) is 1.33. The Bertz CT molecular complexity index is 946. The Balaban J connectivity index is 1.23. The molecule has 4 rings (SSSR count). The van der Waals surface area contributed by atoms with Gasteiger partial charge in [-0.05, 0) is 24.0 Å². The zero-order valence-electron chi connectivity index (χ0n) is 17.6. The van der Waals surface area contributed by atoms with Crippen molar-refractivity contribution in [3.05, 3.63) is 83.5 Å². The molecule has 2 amide bonds. The number of hydrogen-bond acceptors (Lipinski definition) is 5. The maximum atomic E-state index is 12.6. The third-order valence-corrected chi connectivity index (χ3v) is 5.41. The highest BCUT2D eigenvalue weighted by Gasteiger charge is 2.28. The third kappa shape index (κ3) is 6.15. The second-order valence-corrected chi connectivity index (χ2v) is 7.77. The average molecular weight is 421 g/mol. The number of urea groups is 1. The van der Waals surface area contributed by atoms with Gasteiger partial charge in [0.05, 0.1) is 19.1 Å². The standard InChI is InChI=1S/C24H28N4O3/c29-24(25-16-19-8-3-1-4-9-19)28-14-7-12-21(17-28)23-26-22(27-31-23)13-15-30-18-20-10-5-2-6-11-20/h1-6,8-11,21H,7,12-18H2,(H,25,29). The van der Waals surface area contributed by atoms with Crippen molar-refractivity contribution in [1.82, 2.24) is 20.4 Å². The minimum Gasteiger partial charge on any atom is -0.376 e. The zero-order chi connectivity index (χ0) is 21.3. The molecule has 1 aliphatic rings. The van der Waals surface area contributed by atoms with E-state index in [9.17, 15) is 4.79 Å². The second-order valence-electron chi connectivity index (χ2n) is 7.77. The van der Waals surface area contributed by atoms with Crippen LogP contribution in [0.15, 0.2) is 65.2 Å². The predicted molar refractivity (Wildman–Crippen MR) is 116 cm³/mol. The van der Waals surface area contributed by atoms with Gasteiger partial charge in [-0.15, -0.1) is 0 Å². The van der Waals surface area contributed by atoms with Crippen LogP contribution in [-0.2, 0) is 24.3 Å². The Morgan fingerprint density at radius 1 is 1.10 bits per heavy atom. The van der Waals surface area contributed by atoms with Gasteiger partial charge >= 0.3 is 6.03 Å². The van der Waals surface area contributed by atoms with Gasteiger partial charge in [-0.1, -0.05) is 65.8 Å². The highest BCUT2D eigenvalue weighted by Crippen LogP contribution is 2.25. The molecule has 0 radical (unpaired) electrons. The lowest BCUT2D eigenvalue weighted by Gasteiger charge is -2.31. The van der Waals surface area contributed by atoms with E-state index in [2.05, 4.69) is 15.5 Å². The van der Waals surface area contributed by atoms with Crippen molar-refractivity contribution in [2.45, 2.75) is 38.3 Å². The first kappa shape index (κ1) is 21.1. The number of hydrogen-bond donors (Lipinski definition) is 1. The van der Waals surface area contributed by atoms with Gasteiger partial charge in [-0.25, -0.2) is 4.79 Å². The van der Waals surface area contributed by atoms with Gasteiger partial charge in [0.2, 0.25) is 5.89 Å². The van der Waals surface area contributed by atoms with Crippen LogP contribution in [0.4, 0.5) is 4.79 Å². The Morgan fingerprint density at radius 2 is 1.84 bits per heavy atom. The molecule has 7 heteroatoms. The molecule has 1 unspecified atom stereocenters. The number of nitrogens with zero attached hydrogens (tertiary/aromatic N) is 3. The van der Waals surface area contributed by atoms with Crippen LogP contribution < -0.4 is 5.32 Å². The monoisotopic (exact) mass is 420 g/mol. The number of piperidine rings is 1. The van der Waals surface area contributed by atoms with Crippen LogP contribution in [0.3, 0.4) is 0 Å². The molecular formula is C24H28N4O3. The fourth-order valence-corrected chi connectivity index (χ4v) is 3.71. The van der Waals surface area contributed by atoms with Gasteiger partial charge in [0.25, 0.3) is 0 Å². The second kappa shape index (κ2) is 10.7. The molecule has 1 fully saturated rings. The molecule has 0 saturated carbocycles. The van der Waals surface area contributed by atoms with Crippen molar-refractivity contribution in [1.29, 1.82) is 0 Å². The number of likely N-dealkylation sites (tertiary alicyclic amines) is 1. The van der Waals surface area contributed by atoms with Crippen molar-refractivity contribution in [2.24, 2.45) is 0 Å². The fourth-order valence-electron chi connectivity index (χ4n) is 3.71. The number of carbonyl (C=O) groups excluding carboxylic acids is 1. The van der Waals surface area contributed by atoms with Gasteiger partial charge in [-0.3, -0.25) is 0 Å². The van der Waals surface area contributed by atoms with Gasteiger partial charge in [0.15, 0.2) is 5.82 Å². The molecule has 3 aromatic rings. The van der Waals surface area contributed by atoms with Crippen molar-refractivity contribution < 1.29 is 14.1 Å². The summed E-state index contributed by atoms with van der Waals surface area (Å²) in [4.78, 5) is 19.0. The van der Waals surface area contributed by atoms with E-state index in [0.717, 1.165) is 30.5 Å². The lowest BCUT2D eigenvalue weighted by Crippen LogP contribution is -2.44. The van der Waals surface area contributed by atoms with Crippen molar-refractivity contribution >= 4 is 6.03 Å². The molecule has 1 N–H and O–H groups in total. The summed E-state index contributed by atoms with van der Waals surface area (Å²) in [6, 6.07) is 19.9. The fraction of sp³-hybridized carbons (Fsp3) is 0.375. The Labute approximate surface area is 182 Å². The highest BCUT2D eigenvalue weighted by molar-refractivity contribution is 5.74. The SMILES string of the molecule is O=C(NCc1ccccc1)N1CCCC(c2nc(CCOCc3ccccc3)no2)C1. The van der Waals surface area contributed by atoms with E-state index >= 15 is 0 Å². The molecule has 1 saturated heterocycles. The maximum Gasteiger partial charge on any atom is 0.317 e. The van der Waals surface area contributed by atoms with Gasteiger partial charge in [0.1, 0.15) is 0 Å². The van der Waals surface area contributed by atoms with Crippen LogP contribution in [-0.4, -0.2) is 40.8 Å². The summed E-state index contributed by atoms with van der Waals surface area (Å²) in [5, 5.41) is 7.09.